The summed E-state index contributed by atoms with van der Waals surface area (Å²) in [6.45, 7) is 1.91. The normalized spacial score (nSPS) is 15.0. The van der Waals surface area contributed by atoms with Crippen molar-refractivity contribution in [2.75, 3.05) is 38.2 Å². The third kappa shape index (κ3) is 3.85. The standard InChI is InChI=1S/C20H19F3N4O2/c1-29-15-4-2-13-10-17(25-16(13)11-15)19(28)27-8-6-26(7-9-27)18-5-3-14(12-24-18)20(21,22)23/h2-5,10-12,25H,6-9H2,1H3. The molecule has 1 amide bonds. The van der Waals surface area contributed by atoms with Gasteiger partial charge in [0.2, 0.25) is 0 Å². The van der Waals surface area contributed by atoms with Crippen LogP contribution in [0.15, 0.2) is 42.6 Å². The number of benzene rings is 1. The first-order valence-corrected chi connectivity index (χ1v) is 9.09. The van der Waals surface area contributed by atoms with Crippen LogP contribution in [0.1, 0.15) is 16.1 Å². The number of pyridine rings is 1. The number of alkyl halides is 3. The van der Waals surface area contributed by atoms with E-state index < -0.39 is 11.7 Å². The molecule has 1 N–H and O–H groups in total. The van der Waals surface area contributed by atoms with Crippen LogP contribution >= 0.6 is 0 Å². The zero-order valence-electron chi connectivity index (χ0n) is 15.7. The third-order valence-electron chi connectivity index (χ3n) is 5.03. The molecule has 9 heteroatoms. The van der Waals surface area contributed by atoms with Gasteiger partial charge >= 0.3 is 6.18 Å². The van der Waals surface area contributed by atoms with Gasteiger partial charge in [0.25, 0.3) is 5.91 Å². The summed E-state index contributed by atoms with van der Waals surface area (Å²) >= 11 is 0. The number of rotatable bonds is 3. The van der Waals surface area contributed by atoms with E-state index in [2.05, 4.69) is 9.97 Å². The fraction of sp³-hybridized carbons (Fsp3) is 0.300. The molecule has 1 fully saturated rings. The van der Waals surface area contributed by atoms with E-state index in [1.165, 1.54) is 6.07 Å². The van der Waals surface area contributed by atoms with E-state index in [4.69, 9.17) is 4.74 Å². The topological polar surface area (TPSA) is 61.5 Å². The highest BCUT2D eigenvalue weighted by Crippen LogP contribution is 2.29. The lowest BCUT2D eigenvalue weighted by molar-refractivity contribution is -0.137. The Labute approximate surface area is 164 Å². The maximum Gasteiger partial charge on any atom is 0.417 e. The van der Waals surface area contributed by atoms with E-state index in [-0.39, 0.29) is 5.91 Å². The average Bonchev–Trinajstić information content (AvgIpc) is 3.16. The number of ether oxygens (including phenoxy) is 1. The third-order valence-corrected chi connectivity index (χ3v) is 5.03. The Bertz CT molecular complexity index is 1020. The molecule has 1 aliphatic rings. The highest BCUT2D eigenvalue weighted by atomic mass is 19.4. The molecule has 3 aromatic rings. The predicted molar refractivity (Wildman–Crippen MR) is 102 cm³/mol. The number of piperazine rings is 1. The van der Waals surface area contributed by atoms with Crippen molar-refractivity contribution in [1.82, 2.24) is 14.9 Å². The quantitative estimate of drug-likeness (QED) is 0.725. The van der Waals surface area contributed by atoms with Gasteiger partial charge in [0.1, 0.15) is 17.3 Å². The molecular formula is C20H19F3N4O2. The van der Waals surface area contributed by atoms with E-state index in [1.54, 1.807) is 18.1 Å². The van der Waals surface area contributed by atoms with Gasteiger partial charge in [0, 0.05) is 49.3 Å². The second kappa shape index (κ2) is 7.31. The fourth-order valence-corrected chi connectivity index (χ4v) is 3.40. The van der Waals surface area contributed by atoms with Crippen molar-refractivity contribution in [2.24, 2.45) is 0 Å². The number of H-pyrrole nitrogens is 1. The van der Waals surface area contributed by atoms with E-state index >= 15 is 0 Å². The molecule has 0 bridgehead atoms. The summed E-state index contributed by atoms with van der Waals surface area (Å²) < 4.78 is 43.2. The number of aromatic amines is 1. The molecular weight excluding hydrogens is 385 g/mol. The van der Waals surface area contributed by atoms with Gasteiger partial charge in [-0.05, 0) is 30.3 Å². The van der Waals surface area contributed by atoms with Crippen LogP contribution in [0.5, 0.6) is 5.75 Å². The first-order valence-electron chi connectivity index (χ1n) is 9.09. The largest absolute Gasteiger partial charge is 0.497 e. The van der Waals surface area contributed by atoms with Crippen LogP contribution < -0.4 is 9.64 Å². The lowest BCUT2D eigenvalue weighted by Crippen LogP contribution is -2.49. The maximum atomic E-state index is 12.8. The van der Waals surface area contributed by atoms with Gasteiger partial charge < -0.3 is 19.5 Å². The first-order chi connectivity index (χ1) is 13.8. The van der Waals surface area contributed by atoms with Crippen LogP contribution in [0.2, 0.25) is 0 Å². The molecule has 1 aliphatic heterocycles. The molecule has 0 saturated carbocycles. The van der Waals surface area contributed by atoms with Crippen molar-refractivity contribution in [2.45, 2.75) is 6.18 Å². The van der Waals surface area contributed by atoms with Crippen molar-refractivity contribution in [1.29, 1.82) is 0 Å². The van der Waals surface area contributed by atoms with E-state index in [0.717, 1.165) is 23.2 Å². The molecule has 2 aromatic heterocycles. The summed E-state index contributed by atoms with van der Waals surface area (Å²) in [6, 6.07) is 9.75. The fourth-order valence-electron chi connectivity index (χ4n) is 3.40. The number of carbonyl (C=O) groups excluding carboxylic acids is 1. The molecule has 3 heterocycles. The molecule has 0 aliphatic carbocycles. The minimum Gasteiger partial charge on any atom is -0.497 e. The monoisotopic (exact) mass is 404 g/mol. The predicted octanol–water partition coefficient (Wildman–Crippen LogP) is 3.55. The number of anilines is 1. The molecule has 1 aromatic carbocycles. The lowest BCUT2D eigenvalue weighted by Gasteiger charge is -2.35. The van der Waals surface area contributed by atoms with Crippen molar-refractivity contribution < 1.29 is 22.7 Å². The van der Waals surface area contributed by atoms with Gasteiger partial charge in [-0.15, -0.1) is 0 Å². The van der Waals surface area contributed by atoms with Crippen LogP contribution in [-0.4, -0.2) is 54.1 Å². The maximum absolute atomic E-state index is 12.8. The Morgan fingerprint density at radius 2 is 1.86 bits per heavy atom. The number of aromatic nitrogens is 2. The number of nitrogens with zero attached hydrogens (tertiary/aromatic N) is 3. The zero-order valence-corrected chi connectivity index (χ0v) is 15.7. The molecule has 1 saturated heterocycles. The number of carbonyl (C=O) groups is 1. The highest BCUT2D eigenvalue weighted by molar-refractivity contribution is 5.98. The van der Waals surface area contributed by atoms with Crippen LogP contribution in [0.4, 0.5) is 19.0 Å². The van der Waals surface area contributed by atoms with Crippen LogP contribution in [-0.2, 0) is 6.18 Å². The number of halogens is 3. The van der Waals surface area contributed by atoms with Gasteiger partial charge in [-0.25, -0.2) is 4.98 Å². The van der Waals surface area contributed by atoms with Crippen LogP contribution in [0.3, 0.4) is 0 Å². The molecule has 6 nitrogen and oxygen atoms in total. The minimum atomic E-state index is -4.40. The van der Waals surface area contributed by atoms with Crippen LogP contribution in [0, 0.1) is 0 Å². The number of fused-ring (bicyclic) bond motifs is 1. The van der Waals surface area contributed by atoms with Gasteiger partial charge in [-0.1, -0.05) is 0 Å². The minimum absolute atomic E-state index is 0.111. The molecule has 0 atom stereocenters. The number of nitrogens with one attached hydrogen (secondary N) is 1. The summed E-state index contributed by atoms with van der Waals surface area (Å²) in [5.74, 6) is 1.07. The average molecular weight is 404 g/mol. The van der Waals surface area contributed by atoms with Crippen molar-refractivity contribution in [3.63, 3.8) is 0 Å². The number of amides is 1. The summed E-state index contributed by atoms with van der Waals surface area (Å²) in [6.07, 6.45) is -3.56. The smallest absolute Gasteiger partial charge is 0.417 e. The van der Waals surface area contributed by atoms with Crippen molar-refractivity contribution >= 4 is 22.6 Å². The van der Waals surface area contributed by atoms with E-state index in [0.29, 0.717) is 43.4 Å². The summed E-state index contributed by atoms with van der Waals surface area (Å²) in [5.41, 5.74) is 0.542. The summed E-state index contributed by atoms with van der Waals surface area (Å²) in [7, 11) is 1.58. The summed E-state index contributed by atoms with van der Waals surface area (Å²) in [4.78, 5) is 23.5. The molecule has 29 heavy (non-hydrogen) atoms. The SMILES string of the molecule is COc1ccc2cc(C(=O)N3CCN(c4ccc(C(F)(F)F)cn4)CC3)[nH]c2c1. The second-order valence-electron chi connectivity index (χ2n) is 6.82. The Hall–Kier alpha value is -3.23. The Kier molecular flexibility index (Phi) is 4.81. The Morgan fingerprint density at radius 3 is 2.48 bits per heavy atom. The number of methoxy groups -OCH3 is 1. The van der Waals surface area contributed by atoms with Crippen molar-refractivity contribution in [3.8, 4) is 5.75 Å². The van der Waals surface area contributed by atoms with Gasteiger partial charge in [-0.3, -0.25) is 4.79 Å². The molecule has 0 spiro atoms. The Morgan fingerprint density at radius 1 is 1.10 bits per heavy atom. The van der Waals surface area contributed by atoms with Crippen molar-refractivity contribution in [3.05, 3.63) is 53.9 Å². The van der Waals surface area contributed by atoms with Gasteiger partial charge in [0.15, 0.2) is 0 Å². The molecule has 152 valence electrons. The summed E-state index contributed by atoms with van der Waals surface area (Å²) in [5, 5.41) is 0.918. The van der Waals surface area contributed by atoms with E-state index in [1.807, 2.05) is 23.1 Å². The molecule has 4 rings (SSSR count). The number of hydrogen-bond donors (Lipinski definition) is 1. The molecule has 0 radical (unpaired) electrons. The first kappa shape index (κ1) is 19.1. The Balaban J connectivity index is 1.42. The lowest BCUT2D eigenvalue weighted by atomic mass is 10.2. The number of hydrogen-bond acceptors (Lipinski definition) is 4. The van der Waals surface area contributed by atoms with E-state index in [9.17, 15) is 18.0 Å². The van der Waals surface area contributed by atoms with Crippen LogP contribution in [0.25, 0.3) is 10.9 Å². The highest BCUT2D eigenvalue weighted by Gasteiger charge is 2.31. The second-order valence-corrected chi connectivity index (χ2v) is 6.82. The zero-order chi connectivity index (χ0) is 20.6. The van der Waals surface area contributed by atoms with Gasteiger partial charge in [0.05, 0.1) is 12.7 Å². The van der Waals surface area contributed by atoms with Gasteiger partial charge in [-0.2, -0.15) is 13.2 Å². The molecule has 0 unspecified atom stereocenters.